The molecule has 0 aliphatic heterocycles. The highest BCUT2D eigenvalue weighted by molar-refractivity contribution is 5.80. The highest BCUT2D eigenvalue weighted by atomic mass is 16.5. The Kier molecular flexibility index (Phi) is 5.17. The summed E-state index contributed by atoms with van der Waals surface area (Å²) in [5.74, 6) is 5.77. The first-order valence-corrected chi connectivity index (χ1v) is 6.91. The highest BCUT2D eigenvalue weighted by Gasteiger charge is 2.35. The number of hydrogen-bond donors (Lipinski definition) is 2. The van der Waals surface area contributed by atoms with Gasteiger partial charge in [-0.2, -0.15) is 0 Å². The van der Waals surface area contributed by atoms with Crippen LogP contribution in [-0.4, -0.2) is 18.1 Å². The van der Waals surface area contributed by atoms with Gasteiger partial charge in [-0.25, -0.2) is 5.84 Å². The maximum atomic E-state index is 11.7. The monoisotopic (exact) mass is 256 g/mol. The minimum absolute atomic E-state index is 0.133. The number of nitrogens with one attached hydrogen (secondary N) is 1. The van der Waals surface area contributed by atoms with Crippen molar-refractivity contribution in [1.82, 2.24) is 5.43 Å². The standard InChI is InChI=1S/C14H28N2O2/c1-9(2)12(13(17)16-15)18-11-6-10(3)7-14(4,5)8-11/h9-12H,6-8,15H2,1-5H3,(H,16,17). The lowest BCUT2D eigenvalue weighted by Crippen LogP contribution is -2.46. The van der Waals surface area contributed by atoms with Gasteiger partial charge in [0.05, 0.1) is 6.10 Å². The molecule has 1 fully saturated rings. The smallest absolute Gasteiger partial charge is 0.263 e. The van der Waals surface area contributed by atoms with Gasteiger partial charge in [0.25, 0.3) is 5.91 Å². The highest BCUT2D eigenvalue weighted by Crippen LogP contribution is 2.40. The molecule has 106 valence electrons. The Morgan fingerprint density at radius 1 is 1.39 bits per heavy atom. The number of hydrazine groups is 1. The van der Waals surface area contributed by atoms with Crippen molar-refractivity contribution in [2.75, 3.05) is 0 Å². The fraction of sp³-hybridized carbons (Fsp3) is 0.929. The van der Waals surface area contributed by atoms with Crippen LogP contribution in [0.2, 0.25) is 0 Å². The van der Waals surface area contributed by atoms with Crippen molar-refractivity contribution in [3.63, 3.8) is 0 Å². The predicted octanol–water partition coefficient (Wildman–Crippen LogP) is 2.23. The van der Waals surface area contributed by atoms with Crippen LogP contribution in [0.4, 0.5) is 0 Å². The van der Waals surface area contributed by atoms with Crippen molar-refractivity contribution in [3.8, 4) is 0 Å². The van der Waals surface area contributed by atoms with Crippen LogP contribution in [0.15, 0.2) is 0 Å². The molecule has 0 spiro atoms. The van der Waals surface area contributed by atoms with E-state index in [4.69, 9.17) is 10.6 Å². The second-order valence-electron chi connectivity index (χ2n) is 6.84. The van der Waals surface area contributed by atoms with Gasteiger partial charge in [-0.1, -0.05) is 34.6 Å². The lowest BCUT2D eigenvalue weighted by Gasteiger charge is -2.40. The molecule has 3 atom stereocenters. The largest absolute Gasteiger partial charge is 0.365 e. The van der Waals surface area contributed by atoms with E-state index in [1.54, 1.807) is 0 Å². The summed E-state index contributed by atoms with van der Waals surface area (Å²) in [5, 5.41) is 0. The van der Waals surface area contributed by atoms with Crippen molar-refractivity contribution in [1.29, 1.82) is 0 Å². The molecular formula is C14H28N2O2. The Morgan fingerprint density at radius 3 is 2.44 bits per heavy atom. The third kappa shape index (κ3) is 4.25. The lowest BCUT2D eigenvalue weighted by atomic mass is 9.71. The van der Waals surface area contributed by atoms with E-state index < -0.39 is 6.10 Å². The van der Waals surface area contributed by atoms with E-state index in [0.717, 1.165) is 12.8 Å². The Balaban J connectivity index is 2.66. The number of carbonyl (C=O) groups is 1. The topological polar surface area (TPSA) is 64.3 Å². The van der Waals surface area contributed by atoms with Crippen molar-refractivity contribution in [2.45, 2.75) is 66.1 Å². The molecule has 3 N–H and O–H groups in total. The van der Waals surface area contributed by atoms with Gasteiger partial charge >= 0.3 is 0 Å². The average Bonchev–Trinajstić information content (AvgIpc) is 2.21. The summed E-state index contributed by atoms with van der Waals surface area (Å²) >= 11 is 0. The van der Waals surface area contributed by atoms with Crippen molar-refractivity contribution >= 4 is 5.91 Å². The molecule has 0 aromatic heterocycles. The van der Waals surface area contributed by atoms with E-state index in [1.807, 2.05) is 13.8 Å². The van der Waals surface area contributed by atoms with Crippen LogP contribution in [-0.2, 0) is 9.53 Å². The molecule has 0 saturated heterocycles. The summed E-state index contributed by atoms with van der Waals surface area (Å²) in [6.45, 7) is 10.8. The number of hydrogen-bond acceptors (Lipinski definition) is 3. The maximum absolute atomic E-state index is 11.7. The van der Waals surface area contributed by atoms with Gasteiger partial charge in [0.2, 0.25) is 0 Å². The predicted molar refractivity (Wildman–Crippen MR) is 72.6 cm³/mol. The zero-order valence-corrected chi connectivity index (χ0v) is 12.3. The summed E-state index contributed by atoms with van der Waals surface area (Å²) in [6, 6.07) is 0. The molecule has 0 aromatic carbocycles. The number of rotatable bonds is 4. The maximum Gasteiger partial charge on any atom is 0.263 e. The molecule has 1 saturated carbocycles. The summed E-state index contributed by atoms with van der Waals surface area (Å²) in [7, 11) is 0. The minimum Gasteiger partial charge on any atom is -0.365 e. The Bertz CT molecular complexity index is 290. The second kappa shape index (κ2) is 6.02. The van der Waals surface area contributed by atoms with E-state index in [9.17, 15) is 4.79 Å². The van der Waals surface area contributed by atoms with E-state index >= 15 is 0 Å². The summed E-state index contributed by atoms with van der Waals surface area (Å²) in [5.41, 5.74) is 2.50. The first kappa shape index (κ1) is 15.4. The molecule has 3 unspecified atom stereocenters. The van der Waals surface area contributed by atoms with Gasteiger partial charge in [0.1, 0.15) is 6.10 Å². The second-order valence-corrected chi connectivity index (χ2v) is 6.84. The van der Waals surface area contributed by atoms with Gasteiger partial charge < -0.3 is 4.74 Å². The van der Waals surface area contributed by atoms with Gasteiger partial charge in [0, 0.05) is 0 Å². The number of ether oxygens (including phenoxy) is 1. The summed E-state index contributed by atoms with van der Waals surface area (Å²) in [4.78, 5) is 11.7. The van der Waals surface area contributed by atoms with Crippen LogP contribution in [0.25, 0.3) is 0 Å². The van der Waals surface area contributed by atoms with E-state index in [0.29, 0.717) is 11.3 Å². The lowest BCUT2D eigenvalue weighted by molar-refractivity contribution is -0.145. The molecule has 4 nitrogen and oxygen atoms in total. The van der Waals surface area contributed by atoms with Crippen LogP contribution < -0.4 is 11.3 Å². The fourth-order valence-electron chi connectivity index (χ4n) is 3.17. The Morgan fingerprint density at radius 2 is 2.00 bits per heavy atom. The van der Waals surface area contributed by atoms with Crippen molar-refractivity contribution in [2.24, 2.45) is 23.1 Å². The molecule has 0 bridgehead atoms. The molecule has 0 heterocycles. The zero-order chi connectivity index (χ0) is 13.9. The molecule has 1 amide bonds. The van der Waals surface area contributed by atoms with Crippen LogP contribution in [0, 0.1) is 17.3 Å². The van der Waals surface area contributed by atoms with Crippen LogP contribution in [0.1, 0.15) is 53.9 Å². The molecular weight excluding hydrogens is 228 g/mol. The van der Waals surface area contributed by atoms with E-state index in [1.165, 1.54) is 6.42 Å². The van der Waals surface area contributed by atoms with Gasteiger partial charge in [-0.3, -0.25) is 10.2 Å². The molecule has 18 heavy (non-hydrogen) atoms. The molecule has 1 aliphatic carbocycles. The van der Waals surface area contributed by atoms with Gasteiger partial charge in [-0.05, 0) is 36.5 Å². The Labute approximate surface area is 111 Å². The normalized spacial score (nSPS) is 29.1. The van der Waals surface area contributed by atoms with Gasteiger partial charge in [0.15, 0.2) is 0 Å². The molecule has 4 heteroatoms. The van der Waals surface area contributed by atoms with Crippen molar-refractivity contribution in [3.05, 3.63) is 0 Å². The van der Waals surface area contributed by atoms with Crippen molar-refractivity contribution < 1.29 is 9.53 Å². The summed E-state index contributed by atoms with van der Waals surface area (Å²) < 4.78 is 6.02. The first-order valence-electron chi connectivity index (χ1n) is 6.91. The van der Waals surface area contributed by atoms with Crippen LogP contribution in [0.3, 0.4) is 0 Å². The zero-order valence-electron chi connectivity index (χ0n) is 12.3. The SMILES string of the molecule is CC1CC(OC(C(=O)NN)C(C)C)CC(C)(C)C1. The van der Waals surface area contributed by atoms with Crippen LogP contribution >= 0.6 is 0 Å². The third-order valence-corrected chi connectivity index (χ3v) is 3.69. The quantitative estimate of drug-likeness (QED) is 0.460. The molecule has 1 rings (SSSR count). The molecule has 0 radical (unpaired) electrons. The summed E-state index contributed by atoms with van der Waals surface area (Å²) in [6.07, 6.45) is 2.99. The van der Waals surface area contributed by atoms with E-state index in [-0.39, 0.29) is 17.9 Å². The molecule has 0 aromatic rings. The third-order valence-electron chi connectivity index (χ3n) is 3.69. The number of carbonyl (C=O) groups excluding carboxylic acids is 1. The first-order chi connectivity index (χ1) is 8.25. The average molecular weight is 256 g/mol. The number of amides is 1. The molecule has 1 aliphatic rings. The van der Waals surface area contributed by atoms with Gasteiger partial charge in [-0.15, -0.1) is 0 Å². The number of nitrogens with two attached hydrogens (primary N) is 1. The fourth-order valence-corrected chi connectivity index (χ4v) is 3.17. The van der Waals surface area contributed by atoms with E-state index in [2.05, 4.69) is 26.2 Å². The van der Waals surface area contributed by atoms with Crippen LogP contribution in [0.5, 0.6) is 0 Å². The Hall–Kier alpha value is -0.610. The minimum atomic E-state index is -0.443.